The molecule has 0 radical (unpaired) electrons. The molecule has 0 spiro atoms. The van der Waals surface area contributed by atoms with Crippen molar-refractivity contribution < 1.29 is 24.2 Å². The van der Waals surface area contributed by atoms with Gasteiger partial charge in [-0.1, -0.05) is 80.3 Å². The molecular formula is C40H52N4O5. The number of carbonyl (C=O) groups excluding carboxylic acids is 2. The van der Waals surface area contributed by atoms with Crippen molar-refractivity contribution in [3.05, 3.63) is 102 Å². The summed E-state index contributed by atoms with van der Waals surface area (Å²) in [6, 6.07) is 23.4. The third-order valence-electron chi connectivity index (χ3n) is 9.49. The smallest absolute Gasteiger partial charge is 0.224 e. The molecule has 0 bridgehead atoms. The van der Waals surface area contributed by atoms with Crippen molar-refractivity contribution >= 4 is 28.9 Å². The summed E-state index contributed by atoms with van der Waals surface area (Å²) < 4.78 is 13.2. The van der Waals surface area contributed by atoms with Crippen LogP contribution in [0.25, 0.3) is 0 Å². The largest absolute Gasteiger partial charge is 0.397 e. The molecule has 5 rings (SSSR count). The summed E-state index contributed by atoms with van der Waals surface area (Å²) in [6.07, 6.45) is 10.9. The zero-order valence-electron chi connectivity index (χ0n) is 28.5. The molecule has 0 unspecified atom stereocenters. The second-order valence-corrected chi connectivity index (χ2v) is 13.3. The number of amides is 2. The second-order valence-electron chi connectivity index (χ2n) is 13.3. The number of aliphatic hydroxyl groups is 1. The first kappa shape index (κ1) is 36.3. The monoisotopic (exact) mass is 668 g/mol. The van der Waals surface area contributed by atoms with Crippen molar-refractivity contribution in [2.45, 2.75) is 102 Å². The van der Waals surface area contributed by atoms with E-state index in [1.54, 1.807) is 12.1 Å². The highest BCUT2D eigenvalue weighted by Crippen LogP contribution is 2.39. The van der Waals surface area contributed by atoms with Crippen molar-refractivity contribution in [1.82, 2.24) is 4.90 Å². The normalized spacial score (nSPS) is 19.5. The Morgan fingerprint density at radius 2 is 1.59 bits per heavy atom. The minimum absolute atomic E-state index is 0.000747. The van der Waals surface area contributed by atoms with E-state index in [9.17, 15) is 14.7 Å². The van der Waals surface area contributed by atoms with Gasteiger partial charge in [0, 0.05) is 49.6 Å². The average molecular weight is 669 g/mol. The first-order valence-electron chi connectivity index (χ1n) is 17.8. The Labute approximate surface area is 290 Å². The van der Waals surface area contributed by atoms with E-state index in [1.165, 1.54) is 25.7 Å². The van der Waals surface area contributed by atoms with E-state index in [1.807, 2.05) is 66.7 Å². The quantitative estimate of drug-likeness (QED) is 0.0661. The van der Waals surface area contributed by atoms with Crippen LogP contribution in [0.1, 0.15) is 99.7 Å². The fraction of sp³-hybridized carbons (Fsp3) is 0.450. The maximum atomic E-state index is 12.8. The van der Waals surface area contributed by atoms with E-state index in [4.69, 9.17) is 15.2 Å². The number of ether oxygens (including phenoxy) is 2. The fourth-order valence-electron chi connectivity index (χ4n) is 6.84. The van der Waals surface area contributed by atoms with Crippen LogP contribution in [0.2, 0.25) is 0 Å². The number of carbonyl (C=O) groups is 2. The zero-order chi connectivity index (χ0) is 34.4. The van der Waals surface area contributed by atoms with Crippen molar-refractivity contribution in [1.29, 1.82) is 0 Å². The molecule has 3 aromatic carbocycles. The Morgan fingerprint density at radius 1 is 0.878 bits per heavy atom. The predicted octanol–water partition coefficient (Wildman–Crippen LogP) is 7.65. The van der Waals surface area contributed by atoms with Gasteiger partial charge in [-0.3, -0.25) is 14.5 Å². The van der Waals surface area contributed by atoms with Crippen LogP contribution in [-0.4, -0.2) is 47.1 Å². The van der Waals surface area contributed by atoms with Gasteiger partial charge in [-0.15, -0.1) is 6.58 Å². The van der Waals surface area contributed by atoms with Gasteiger partial charge < -0.3 is 30.9 Å². The van der Waals surface area contributed by atoms with Crippen molar-refractivity contribution in [3.8, 4) is 0 Å². The number of hydrogen-bond donors (Lipinski definition) is 4. The van der Waals surface area contributed by atoms with Gasteiger partial charge in [-0.2, -0.15) is 0 Å². The molecule has 49 heavy (non-hydrogen) atoms. The van der Waals surface area contributed by atoms with Crippen LogP contribution in [0.5, 0.6) is 0 Å². The average Bonchev–Trinajstić information content (AvgIpc) is 3.66. The van der Waals surface area contributed by atoms with Gasteiger partial charge in [0.2, 0.25) is 11.8 Å². The number of nitrogens with two attached hydrogens (primary N) is 1. The molecule has 9 heteroatoms. The maximum absolute atomic E-state index is 12.8. The van der Waals surface area contributed by atoms with Crippen molar-refractivity contribution in [3.63, 3.8) is 0 Å². The van der Waals surface area contributed by atoms with Gasteiger partial charge in [-0.05, 0) is 61.1 Å². The van der Waals surface area contributed by atoms with E-state index >= 15 is 0 Å². The number of hydrogen-bond acceptors (Lipinski definition) is 7. The summed E-state index contributed by atoms with van der Waals surface area (Å²) in [5.41, 5.74) is 10.6. The van der Waals surface area contributed by atoms with Gasteiger partial charge in [0.05, 0.1) is 30.2 Å². The molecule has 2 amide bonds. The Morgan fingerprint density at radius 3 is 2.29 bits per heavy atom. The highest BCUT2D eigenvalue weighted by atomic mass is 16.7. The summed E-state index contributed by atoms with van der Waals surface area (Å²) in [4.78, 5) is 27.6. The van der Waals surface area contributed by atoms with Crippen LogP contribution in [0.15, 0.2) is 85.5 Å². The summed E-state index contributed by atoms with van der Waals surface area (Å²) in [6.45, 7) is 5.64. The van der Waals surface area contributed by atoms with Gasteiger partial charge in [-0.25, -0.2) is 0 Å². The molecule has 262 valence electrons. The lowest BCUT2D eigenvalue weighted by molar-refractivity contribution is -0.253. The highest BCUT2D eigenvalue weighted by Gasteiger charge is 2.34. The number of aliphatic hydroxyl groups excluding tert-OH is 1. The third-order valence-corrected chi connectivity index (χ3v) is 9.49. The molecular weight excluding hydrogens is 616 g/mol. The molecule has 3 atom stereocenters. The molecule has 3 aromatic rings. The molecule has 0 aromatic heterocycles. The van der Waals surface area contributed by atoms with E-state index in [0.717, 1.165) is 61.9 Å². The molecule has 1 saturated carbocycles. The van der Waals surface area contributed by atoms with E-state index in [-0.39, 0.29) is 30.6 Å². The number of benzene rings is 3. The molecule has 9 nitrogen and oxygen atoms in total. The molecule has 2 fully saturated rings. The van der Waals surface area contributed by atoms with E-state index < -0.39 is 6.29 Å². The van der Waals surface area contributed by atoms with Crippen LogP contribution in [0, 0.1) is 0 Å². The van der Waals surface area contributed by atoms with Crippen LogP contribution in [0.3, 0.4) is 0 Å². The van der Waals surface area contributed by atoms with Gasteiger partial charge in [0.15, 0.2) is 6.29 Å². The van der Waals surface area contributed by atoms with E-state index in [2.05, 4.69) is 22.1 Å². The third kappa shape index (κ3) is 11.0. The highest BCUT2D eigenvalue weighted by molar-refractivity contribution is 5.93. The Balaban J connectivity index is 1.14. The van der Waals surface area contributed by atoms with Gasteiger partial charge in [0.25, 0.3) is 0 Å². The number of nitrogens with zero attached hydrogens (tertiary/aromatic N) is 1. The molecule has 1 saturated heterocycles. The molecule has 5 N–H and O–H groups in total. The Kier molecular flexibility index (Phi) is 13.8. The first-order valence-corrected chi connectivity index (χ1v) is 17.8. The lowest BCUT2D eigenvalue weighted by Gasteiger charge is -2.39. The van der Waals surface area contributed by atoms with Crippen molar-refractivity contribution in [2.24, 2.45) is 0 Å². The number of nitrogens with one attached hydrogen (secondary N) is 2. The zero-order valence-corrected chi connectivity index (χ0v) is 28.5. The number of anilines is 3. The SMILES string of the molecule is C=CCN(C[C@H]1C[C@@H](c2ccc(CO)cc2)O[C@@H](c2cccc(NC(=O)CCCCCCC(=O)Nc3ccccc3N)c2)O1)C1CCCC1. The standard InChI is InChI=1S/C40H52N4O5/c1-2-24-44(33-14-7-8-15-33)27-34-26-37(30-22-20-29(28-45)21-23-30)49-40(48-34)31-12-11-13-32(25-31)42-38(46)18-5-3-4-6-19-39(47)43-36-17-10-9-16-35(36)41/h2,9-13,16-17,20-23,25,33-34,37,40,45H,1,3-8,14-15,18-19,24,26-28,41H2,(H,42,46)(H,43,47)/t34-,37+,40+/m1/s1. The molecule has 1 aliphatic heterocycles. The number of nitrogen functional groups attached to an aromatic ring is 1. The summed E-state index contributed by atoms with van der Waals surface area (Å²) in [5.74, 6) is -0.0992. The summed E-state index contributed by atoms with van der Waals surface area (Å²) >= 11 is 0. The Bertz CT molecular complexity index is 1510. The van der Waals surface area contributed by atoms with Gasteiger partial charge in [0.1, 0.15) is 0 Å². The van der Waals surface area contributed by atoms with Crippen molar-refractivity contribution in [2.75, 3.05) is 29.5 Å². The number of para-hydroxylation sites is 2. The summed E-state index contributed by atoms with van der Waals surface area (Å²) in [5, 5.41) is 15.5. The predicted molar refractivity (Wildman–Crippen MR) is 195 cm³/mol. The molecule has 1 aliphatic carbocycles. The summed E-state index contributed by atoms with van der Waals surface area (Å²) in [7, 11) is 0. The van der Waals surface area contributed by atoms with Crippen LogP contribution in [0.4, 0.5) is 17.1 Å². The fourth-order valence-corrected chi connectivity index (χ4v) is 6.84. The topological polar surface area (TPSA) is 126 Å². The molecule has 1 heterocycles. The lowest BCUT2D eigenvalue weighted by Crippen LogP contribution is -2.43. The Hall–Kier alpha value is -4.02. The first-order chi connectivity index (χ1) is 23.9. The van der Waals surface area contributed by atoms with Gasteiger partial charge >= 0.3 is 0 Å². The number of rotatable bonds is 17. The molecule has 2 aliphatic rings. The minimum Gasteiger partial charge on any atom is -0.397 e. The van der Waals surface area contributed by atoms with Crippen LogP contribution >= 0.6 is 0 Å². The number of unbranched alkanes of at least 4 members (excludes halogenated alkanes) is 3. The van der Waals surface area contributed by atoms with E-state index in [0.29, 0.717) is 35.9 Å². The van der Waals surface area contributed by atoms with Crippen LogP contribution in [-0.2, 0) is 25.7 Å². The maximum Gasteiger partial charge on any atom is 0.224 e. The minimum atomic E-state index is -0.595. The van der Waals surface area contributed by atoms with Crippen LogP contribution < -0.4 is 16.4 Å². The lowest BCUT2D eigenvalue weighted by atomic mass is 9.99. The second kappa shape index (κ2) is 18.7.